The molecule has 0 spiro atoms. The average molecular weight is 683 g/mol. The van der Waals surface area contributed by atoms with Gasteiger partial charge in [-0.25, -0.2) is 4.79 Å². The van der Waals surface area contributed by atoms with Gasteiger partial charge in [-0.2, -0.15) is 13.2 Å². The molecule has 0 fully saturated rings. The number of carboxylic acid groups (broad SMARTS) is 1. The maximum Gasteiger partial charge on any atom is 0.416 e. The number of carboxylic acids is 1. The number of allylic oxidation sites excluding steroid dienone is 2. The summed E-state index contributed by atoms with van der Waals surface area (Å²) in [7, 11) is 0. The number of phenols is 1. The van der Waals surface area contributed by atoms with Gasteiger partial charge in [0.05, 0.1) is 34.6 Å². The van der Waals surface area contributed by atoms with Gasteiger partial charge in [-0.3, -0.25) is 9.59 Å². The fourth-order valence-electron chi connectivity index (χ4n) is 5.34. The Morgan fingerprint density at radius 1 is 1.17 bits per heavy atom. The van der Waals surface area contributed by atoms with Crippen LogP contribution in [0, 0.1) is 0 Å². The van der Waals surface area contributed by atoms with Gasteiger partial charge in [0, 0.05) is 22.8 Å². The van der Waals surface area contributed by atoms with Crippen molar-refractivity contribution < 1.29 is 47.2 Å². The lowest BCUT2D eigenvalue weighted by Crippen LogP contribution is -2.45. The highest BCUT2D eigenvalue weighted by Gasteiger charge is 2.34. The molecule has 3 N–H and O–H groups in total. The van der Waals surface area contributed by atoms with E-state index in [1.54, 1.807) is 18.2 Å². The molecular weight excluding hydrogens is 649 g/mol. The van der Waals surface area contributed by atoms with Gasteiger partial charge in [0.15, 0.2) is 11.2 Å². The Balaban J connectivity index is 1.66. The van der Waals surface area contributed by atoms with E-state index in [1.807, 2.05) is 6.92 Å². The van der Waals surface area contributed by atoms with E-state index in [-0.39, 0.29) is 46.3 Å². The maximum absolute atomic E-state index is 13.7. The normalized spacial score (nSPS) is 14.3. The molecule has 3 aromatic rings. The molecule has 1 aliphatic rings. The molecule has 0 unspecified atom stereocenters. The summed E-state index contributed by atoms with van der Waals surface area (Å²) in [4.78, 5) is 38.2. The van der Waals surface area contributed by atoms with Gasteiger partial charge in [0.25, 0.3) is 0 Å². The first-order valence-electron chi connectivity index (χ1n) is 15.1. The van der Waals surface area contributed by atoms with Crippen LogP contribution in [0.1, 0.15) is 88.3 Å². The molecule has 12 heteroatoms. The van der Waals surface area contributed by atoms with E-state index >= 15 is 0 Å². The molecule has 2 atom stereocenters. The minimum absolute atomic E-state index is 0.0377. The van der Waals surface area contributed by atoms with Gasteiger partial charge in [0.1, 0.15) is 16.9 Å². The number of carbonyl (C=O) groups is 2. The molecule has 4 rings (SSSR count). The van der Waals surface area contributed by atoms with E-state index < -0.39 is 46.5 Å². The van der Waals surface area contributed by atoms with Crippen molar-refractivity contribution in [3.05, 3.63) is 115 Å². The molecule has 0 saturated heterocycles. The van der Waals surface area contributed by atoms with Gasteiger partial charge in [-0.1, -0.05) is 68.1 Å². The number of aromatic hydroxyl groups is 1. The molecule has 0 radical (unpaired) electrons. The van der Waals surface area contributed by atoms with Crippen molar-refractivity contribution in [1.29, 1.82) is 0 Å². The number of phenolic OH excluding ortho intramolecular Hbond substituents is 1. The number of Topliss-reactive ketones (excluding diaryl/α,β-unsaturated/α-hetero) is 1. The van der Waals surface area contributed by atoms with Crippen molar-refractivity contribution in [3.8, 4) is 11.5 Å². The van der Waals surface area contributed by atoms with Crippen LogP contribution >= 0.6 is 12.2 Å². The largest absolute Gasteiger partial charge is 0.507 e. The molecular formula is C36H33F3O8S. The molecule has 0 saturated carbocycles. The lowest BCUT2D eigenvalue weighted by Gasteiger charge is -2.22. The standard InChI is InChI=1S/C36H33F3O8S/c1-3-9-25-28(16-15-24(20(2)40)32(25)42)46-17-7-5-4-6-12-27(31(41)21-10-8-11-22(18-21)36(37,38)39)30-33(43)26-14-13-23(48)19-29(26)47-34(30)35(44)45/h4-6,8,10-12,14-16,18-19,27,31,41-42H,3,7,9,13,17H2,1-2H3,(H,44,45)/b5-4-,12-6+/t27-,31-/m1/s1. The lowest BCUT2D eigenvalue weighted by molar-refractivity contribution is -0.137. The quantitative estimate of drug-likeness (QED) is 0.0866. The number of aromatic carboxylic acids is 1. The topological polar surface area (TPSA) is 134 Å². The van der Waals surface area contributed by atoms with E-state index in [2.05, 4.69) is 0 Å². The predicted molar refractivity (Wildman–Crippen MR) is 177 cm³/mol. The van der Waals surface area contributed by atoms with Crippen molar-refractivity contribution in [2.24, 2.45) is 0 Å². The summed E-state index contributed by atoms with van der Waals surface area (Å²) < 4.78 is 51.9. The third-order valence-electron chi connectivity index (χ3n) is 7.66. The number of ketones is 1. The maximum atomic E-state index is 13.7. The van der Waals surface area contributed by atoms with Crippen molar-refractivity contribution >= 4 is 41.0 Å². The molecule has 0 bridgehead atoms. The van der Waals surface area contributed by atoms with E-state index in [0.29, 0.717) is 35.4 Å². The molecule has 0 aliphatic heterocycles. The monoisotopic (exact) mass is 682 g/mol. The zero-order valence-corrected chi connectivity index (χ0v) is 26.9. The first-order chi connectivity index (χ1) is 22.7. The highest BCUT2D eigenvalue weighted by atomic mass is 32.1. The number of ether oxygens (including phenoxy) is 1. The SMILES string of the molecule is CCCc1c(OCC/C=C\C=C\[C@H](c2c(C(=O)O)oc3c(c2=O)=CCC(=S)C=3)[C@H](O)c2cccc(C(F)(F)F)c2)ccc(C(C)=O)c1O. The second-order valence-corrected chi connectivity index (χ2v) is 11.6. The van der Waals surface area contributed by atoms with Crippen LogP contribution < -0.4 is 20.8 Å². The highest BCUT2D eigenvalue weighted by molar-refractivity contribution is 7.81. The number of benzene rings is 2. The van der Waals surface area contributed by atoms with Crippen LogP contribution in [0.15, 0.2) is 69.9 Å². The number of alkyl halides is 3. The van der Waals surface area contributed by atoms with Gasteiger partial charge >= 0.3 is 12.1 Å². The van der Waals surface area contributed by atoms with Crippen LogP contribution in [0.25, 0.3) is 12.2 Å². The number of aliphatic hydroxyl groups excluding tert-OH is 1. The summed E-state index contributed by atoms with van der Waals surface area (Å²) in [5.41, 5.74) is -1.74. The van der Waals surface area contributed by atoms with Crippen molar-refractivity contribution in [3.63, 3.8) is 0 Å². The fourth-order valence-corrected chi connectivity index (χ4v) is 5.53. The summed E-state index contributed by atoms with van der Waals surface area (Å²) in [6.07, 6.45) is 4.15. The second-order valence-electron chi connectivity index (χ2n) is 11.1. The Labute approximate surface area is 278 Å². The number of thiocarbonyl (C=S) groups is 1. The number of hydrogen-bond donors (Lipinski definition) is 3. The molecule has 2 aromatic carbocycles. The molecule has 1 aromatic heterocycles. The average Bonchev–Trinajstić information content (AvgIpc) is 3.03. The summed E-state index contributed by atoms with van der Waals surface area (Å²) in [5, 5.41) is 32.0. The Morgan fingerprint density at radius 2 is 1.92 bits per heavy atom. The predicted octanol–water partition coefficient (Wildman–Crippen LogP) is 5.95. The first kappa shape index (κ1) is 36.0. The third-order valence-corrected chi connectivity index (χ3v) is 7.95. The third kappa shape index (κ3) is 8.18. The minimum atomic E-state index is -4.71. The Morgan fingerprint density at radius 3 is 2.58 bits per heavy atom. The zero-order valence-electron chi connectivity index (χ0n) is 26.0. The Bertz CT molecular complexity index is 1970. The van der Waals surface area contributed by atoms with Gasteiger partial charge in [-0.15, -0.1) is 0 Å². The second kappa shape index (κ2) is 15.4. The van der Waals surface area contributed by atoms with Crippen LogP contribution in [-0.4, -0.2) is 38.5 Å². The van der Waals surface area contributed by atoms with Crippen molar-refractivity contribution in [2.45, 2.75) is 57.7 Å². The number of fused-ring (bicyclic) bond motifs is 1. The van der Waals surface area contributed by atoms with E-state index in [0.717, 1.165) is 18.2 Å². The Hall–Kier alpha value is -4.81. The highest BCUT2D eigenvalue weighted by Crippen LogP contribution is 2.36. The van der Waals surface area contributed by atoms with Gasteiger partial charge in [0.2, 0.25) is 5.76 Å². The van der Waals surface area contributed by atoms with Crippen molar-refractivity contribution in [1.82, 2.24) is 0 Å². The number of carbonyl (C=O) groups excluding carboxylic acids is 1. The van der Waals surface area contributed by atoms with Gasteiger partial charge < -0.3 is 24.5 Å². The number of rotatable bonds is 13. The van der Waals surface area contributed by atoms with Crippen molar-refractivity contribution in [2.75, 3.05) is 6.61 Å². The fraction of sp³-hybridized carbons (Fsp3) is 0.278. The molecule has 252 valence electrons. The number of halogens is 3. The molecule has 1 aliphatic carbocycles. The van der Waals surface area contributed by atoms with Crippen LogP contribution in [-0.2, 0) is 12.6 Å². The Kier molecular flexibility index (Phi) is 11.6. The molecule has 48 heavy (non-hydrogen) atoms. The van der Waals surface area contributed by atoms with Crippen LogP contribution in [0.4, 0.5) is 13.2 Å². The summed E-state index contributed by atoms with van der Waals surface area (Å²) in [6, 6.07) is 7.05. The van der Waals surface area contributed by atoms with Crippen LogP contribution in [0.2, 0.25) is 0 Å². The van der Waals surface area contributed by atoms with E-state index in [4.69, 9.17) is 21.4 Å². The first-order valence-corrected chi connectivity index (χ1v) is 15.5. The molecule has 0 amide bonds. The summed E-state index contributed by atoms with van der Waals surface area (Å²) in [5.74, 6) is -3.76. The van der Waals surface area contributed by atoms with E-state index in [9.17, 15) is 42.9 Å². The smallest absolute Gasteiger partial charge is 0.416 e. The lowest BCUT2D eigenvalue weighted by atomic mass is 9.86. The van der Waals surface area contributed by atoms with Crippen LogP contribution in [0.5, 0.6) is 11.5 Å². The van der Waals surface area contributed by atoms with E-state index in [1.165, 1.54) is 43.4 Å². The number of aliphatic hydroxyl groups is 1. The number of hydrogen-bond acceptors (Lipinski definition) is 8. The minimum Gasteiger partial charge on any atom is -0.507 e. The van der Waals surface area contributed by atoms with Crippen LogP contribution in [0.3, 0.4) is 0 Å². The zero-order chi connectivity index (χ0) is 35.2. The summed E-state index contributed by atoms with van der Waals surface area (Å²) in [6.45, 7) is 3.47. The summed E-state index contributed by atoms with van der Waals surface area (Å²) >= 11 is 5.15. The molecule has 1 heterocycles. The molecule has 8 nitrogen and oxygen atoms in total. The van der Waals surface area contributed by atoms with Gasteiger partial charge in [-0.05, 0) is 55.7 Å².